The first-order valence-electron chi connectivity index (χ1n) is 5.06. The van der Waals surface area contributed by atoms with Gasteiger partial charge in [-0.3, -0.25) is 0 Å². The van der Waals surface area contributed by atoms with Crippen molar-refractivity contribution in [3.8, 4) is 0 Å². The van der Waals surface area contributed by atoms with Crippen molar-refractivity contribution in [1.29, 1.82) is 0 Å². The predicted molar refractivity (Wildman–Crippen MR) is 46.0 cm³/mol. The van der Waals surface area contributed by atoms with Crippen LogP contribution in [0.25, 0.3) is 0 Å². The topological polar surface area (TPSA) is 3.24 Å². The lowest BCUT2D eigenvalue weighted by Crippen LogP contribution is -2.39. The summed E-state index contributed by atoms with van der Waals surface area (Å²) in [6, 6.07) is 0. The van der Waals surface area contributed by atoms with Crippen molar-refractivity contribution in [2.45, 2.75) is 31.4 Å². The molecule has 0 spiro atoms. The largest absolute Gasteiger partial charge is 0.431 e. The Morgan fingerprint density at radius 3 is 1.26 bits per heavy atom. The lowest BCUT2D eigenvalue weighted by molar-refractivity contribution is -0.187. The molecule has 0 atom stereocenters. The first-order chi connectivity index (χ1) is 8.35. The van der Waals surface area contributed by atoms with Crippen LogP contribution < -0.4 is 0 Å². The van der Waals surface area contributed by atoms with Gasteiger partial charge in [0.05, 0.1) is 0 Å². The number of likely N-dealkylation sites (tertiary alicyclic amines) is 1. The Labute approximate surface area is 101 Å². The van der Waals surface area contributed by atoms with Gasteiger partial charge >= 0.3 is 18.5 Å². The summed E-state index contributed by atoms with van der Waals surface area (Å²) in [7, 11) is 0. The van der Waals surface area contributed by atoms with Crippen LogP contribution in [0, 0.1) is 0 Å². The van der Waals surface area contributed by atoms with Crippen LogP contribution in [0.2, 0.25) is 0 Å². The van der Waals surface area contributed by atoms with E-state index < -0.39 is 42.9 Å². The van der Waals surface area contributed by atoms with Gasteiger partial charge < -0.3 is 4.90 Å². The van der Waals surface area contributed by atoms with Crippen molar-refractivity contribution in [2.75, 3.05) is 13.1 Å². The highest BCUT2D eigenvalue weighted by molar-refractivity contribution is 5.27. The third kappa shape index (κ3) is 3.69. The number of rotatable bonds is 1. The van der Waals surface area contributed by atoms with E-state index in [9.17, 15) is 39.5 Å². The average molecular weight is 301 g/mol. The lowest BCUT2D eigenvalue weighted by Gasteiger charge is -2.28. The molecular weight excluding hydrogens is 293 g/mol. The molecular formula is C9H8F9N. The molecule has 1 saturated heterocycles. The summed E-state index contributed by atoms with van der Waals surface area (Å²) in [6.07, 6.45) is -17.7. The van der Waals surface area contributed by atoms with E-state index in [0.29, 0.717) is 0 Å². The molecule has 0 saturated carbocycles. The van der Waals surface area contributed by atoms with Crippen molar-refractivity contribution < 1.29 is 39.5 Å². The number of halogens is 9. The zero-order valence-corrected chi connectivity index (χ0v) is 9.18. The summed E-state index contributed by atoms with van der Waals surface area (Å²) in [5, 5.41) is 0. The second-order valence-electron chi connectivity index (χ2n) is 3.91. The van der Waals surface area contributed by atoms with Gasteiger partial charge in [-0.2, -0.15) is 39.5 Å². The number of alkyl halides is 9. The Hall–Kier alpha value is -1.09. The fourth-order valence-corrected chi connectivity index (χ4v) is 1.85. The van der Waals surface area contributed by atoms with Gasteiger partial charge in [0.2, 0.25) is 0 Å². The van der Waals surface area contributed by atoms with Crippen LogP contribution >= 0.6 is 0 Å². The minimum absolute atomic E-state index is 0.0936. The first kappa shape index (κ1) is 16.0. The Kier molecular flexibility index (Phi) is 4.02. The number of nitrogens with zero attached hydrogens (tertiary/aromatic N) is 1. The molecule has 1 rings (SSSR count). The highest BCUT2D eigenvalue weighted by atomic mass is 19.4. The van der Waals surface area contributed by atoms with E-state index in [0.717, 1.165) is 0 Å². The molecule has 0 bridgehead atoms. The molecule has 0 aliphatic carbocycles. The summed E-state index contributed by atoms with van der Waals surface area (Å²) in [5.41, 5.74) is -6.14. The summed E-state index contributed by atoms with van der Waals surface area (Å²) in [6.45, 7) is -0.963. The standard InChI is InChI=1S/C9H8F9N/c10-7(11,12)5(8(13,14)15)6(9(16,17)18)19-3-1-2-4-19/h1-4H2. The maximum absolute atomic E-state index is 12.6. The molecule has 0 unspecified atom stereocenters. The molecule has 1 nitrogen and oxygen atoms in total. The van der Waals surface area contributed by atoms with Gasteiger partial charge in [0.15, 0.2) is 5.57 Å². The maximum atomic E-state index is 12.6. The van der Waals surface area contributed by atoms with Gasteiger partial charge in [0, 0.05) is 13.1 Å². The fourth-order valence-electron chi connectivity index (χ4n) is 1.85. The molecule has 0 amide bonds. The van der Waals surface area contributed by atoms with Crippen LogP contribution in [0.5, 0.6) is 0 Å². The normalized spacial score (nSPS) is 17.8. The van der Waals surface area contributed by atoms with Crippen LogP contribution in [0.15, 0.2) is 11.3 Å². The fraction of sp³-hybridized carbons (Fsp3) is 0.778. The molecule has 0 aromatic rings. The van der Waals surface area contributed by atoms with E-state index >= 15 is 0 Å². The van der Waals surface area contributed by atoms with Crippen LogP contribution in [0.4, 0.5) is 39.5 Å². The SMILES string of the molecule is FC(F)(F)C(=C(C(F)(F)F)C(F)(F)F)N1CCCC1. The second-order valence-corrected chi connectivity index (χ2v) is 3.91. The Morgan fingerprint density at radius 1 is 0.632 bits per heavy atom. The van der Waals surface area contributed by atoms with Crippen molar-refractivity contribution in [3.05, 3.63) is 11.3 Å². The molecule has 0 aromatic carbocycles. The van der Waals surface area contributed by atoms with Crippen LogP contribution in [-0.4, -0.2) is 36.5 Å². The van der Waals surface area contributed by atoms with Crippen LogP contribution in [0.1, 0.15) is 12.8 Å². The Morgan fingerprint density at radius 2 is 1.00 bits per heavy atom. The third-order valence-corrected chi connectivity index (χ3v) is 2.49. The molecule has 1 aliphatic heterocycles. The zero-order valence-electron chi connectivity index (χ0n) is 9.18. The minimum atomic E-state index is -6.12. The quantitative estimate of drug-likeness (QED) is 0.661. The van der Waals surface area contributed by atoms with Crippen LogP contribution in [0.3, 0.4) is 0 Å². The maximum Gasteiger partial charge on any atom is 0.431 e. The average Bonchev–Trinajstić information content (AvgIpc) is 2.59. The van der Waals surface area contributed by atoms with Gasteiger partial charge in [-0.25, -0.2) is 0 Å². The highest BCUT2D eigenvalue weighted by Crippen LogP contribution is 2.46. The summed E-state index contributed by atoms with van der Waals surface area (Å²) in [5.74, 6) is 0. The molecule has 10 heteroatoms. The Bertz CT molecular complexity index is 337. The van der Waals surface area contributed by atoms with E-state index in [2.05, 4.69) is 0 Å². The molecule has 1 fully saturated rings. The lowest BCUT2D eigenvalue weighted by atomic mass is 10.1. The van der Waals surface area contributed by atoms with E-state index in [-0.39, 0.29) is 17.7 Å². The molecule has 1 heterocycles. The highest BCUT2D eigenvalue weighted by Gasteiger charge is 2.59. The first-order valence-corrected chi connectivity index (χ1v) is 5.06. The summed E-state index contributed by atoms with van der Waals surface area (Å²) < 4.78 is 112. The van der Waals surface area contributed by atoms with Gasteiger partial charge in [-0.05, 0) is 12.8 Å². The van der Waals surface area contributed by atoms with Gasteiger partial charge in [-0.15, -0.1) is 0 Å². The second kappa shape index (κ2) is 4.78. The monoisotopic (exact) mass is 301 g/mol. The molecule has 19 heavy (non-hydrogen) atoms. The van der Waals surface area contributed by atoms with Gasteiger partial charge in [-0.1, -0.05) is 0 Å². The molecule has 0 radical (unpaired) electrons. The summed E-state index contributed by atoms with van der Waals surface area (Å²) >= 11 is 0. The zero-order chi connectivity index (χ0) is 15.1. The van der Waals surface area contributed by atoms with Gasteiger partial charge in [0.25, 0.3) is 0 Å². The number of hydrogen-bond donors (Lipinski definition) is 0. The Balaban J connectivity index is 3.49. The van der Waals surface area contributed by atoms with Crippen molar-refractivity contribution in [3.63, 3.8) is 0 Å². The van der Waals surface area contributed by atoms with E-state index in [1.54, 1.807) is 0 Å². The molecule has 112 valence electrons. The number of allylic oxidation sites excluding steroid dienone is 2. The van der Waals surface area contributed by atoms with E-state index in [1.165, 1.54) is 0 Å². The van der Waals surface area contributed by atoms with Gasteiger partial charge in [0.1, 0.15) is 5.70 Å². The predicted octanol–water partition coefficient (Wildman–Crippen LogP) is 4.02. The van der Waals surface area contributed by atoms with Crippen LogP contribution in [-0.2, 0) is 0 Å². The van der Waals surface area contributed by atoms with Crippen molar-refractivity contribution in [2.24, 2.45) is 0 Å². The third-order valence-electron chi connectivity index (χ3n) is 2.49. The minimum Gasteiger partial charge on any atom is -0.367 e. The van der Waals surface area contributed by atoms with E-state index in [1.807, 2.05) is 0 Å². The molecule has 0 aromatic heterocycles. The molecule has 0 N–H and O–H groups in total. The smallest absolute Gasteiger partial charge is 0.367 e. The van der Waals surface area contributed by atoms with Crippen molar-refractivity contribution in [1.82, 2.24) is 4.90 Å². The number of hydrogen-bond acceptors (Lipinski definition) is 1. The summed E-state index contributed by atoms with van der Waals surface area (Å²) in [4.78, 5) is 0.0936. The van der Waals surface area contributed by atoms with Crippen molar-refractivity contribution >= 4 is 0 Å². The molecule has 1 aliphatic rings. The van der Waals surface area contributed by atoms with E-state index in [4.69, 9.17) is 0 Å².